The molecule has 0 radical (unpaired) electrons. The number of hydrogen-bond donors (Lipinski definition) is 0. The van der Waals surface area contributed by atoms with Crippen molar-refractivity contribution < 1.29 is 0 Å². The van der Waals surface area contributed by atoms with Gasteiger partial charge in [0.2, 0.25) is 0 Å². The summed E-state index contributed by atoms with van der Waals surface area (Å²) in [6.07, 6.45) is 0. The molecule has 230 valence electrons. The standard InChI is InChI=1S/C46H30N2S/c1-2-17-34(18-3-1)48-42-24-9-8-21-39(42)46-44(48)40-23-12-26-43(45(40)49-46)47(41-25-11-16-32-14-5-7-20-38(32)41)35-29-27-33(28-30-35)37-22-10-15-31-13-4-6-19-36(31)37/h1-30H. The molecule has 0 unspecified atom stereocenters. The molecule has 0 bridgehead atoms. The number of para-hydroxylation sites is 2. The van der Waals surface area contributed by atoms with Gasteiger partial charge in [-0.05, 0) is 69.8 Å². The molecule has 0 atom stereocenters. The Morgan fingerprint density at radius 3 is 1.82 bits per heavy atom. The topological polar surface area (TPSA) is 8.17 Å². The molecule has 0 aliphatic carbocycles. The minimum absolute atomic E-state index is 1.13. The van der Waals surface area contributed by atoms with E-state index in [-0.39, 0.29) is 0 Å². The zero-order valence-electron chi connectivity index (χ0n) is 26.6. The number of nitrogens with zero attached hydrogens (tertiary/aromatic N) is 2. The van der Waals surface area contributed by atoms with Crippen LogP contribution in [0, 0.1) is 0 Å². The van der Waals surface area contributed by atoms with Gasteiger partial charge in [-0.1, -0.05) is 140 Å². The predicted octanol–water partition coefficient (Wildman–Crippen LogP) is 13.4. The second kappa shape index (κ2) is 11.2. The van der Waals surface area contributed by atoms with E-state index in [9.17, 15) is 0 Å². The van der Waals surface area contributed by atoms with Crippen LogP contribution >= 0.6 is 11.3 Å². The second-order valence-corrected chi connectivity index (χ2v) is 13.5. The van der Waals surface area contributed by atoms with Gasteiger partial charge in [0.25, 0.3) is 0 Å². The lowest BCUT2D eigenvalue weighted by Gasteiger charge is -2.27. The molecular weight excluding hydrogens is 613 g/mol. The third-order valence-electron chi connectivity index (χ3n) is 9.77. The summed E-state index contributed by atoms with van der Waals surface area (Å²) in [6.45, 7) is 0. The lowest BCUT2D eigenvalue weighted by atomic mass is 9.98. The maximum atomic E-state index is 2.46. The summed E-state index contributed by atoms with van der Waals surface area (Å²) in [6, 6.07) is 66.0. The third kappa shape index (κ3) is 4.40. The van der Waals surface area contributed by atoms with Gasteiger partial charge in [0.05, 0.1) is 31.8 Å². The van der Waals surface area contributed by atoms with Crippen molar-refractivity contribution in [2.45, 2.75) is 0 Å². The SMILES string of the molecule is c1ccc(-n2c3ccccc3c3sc4c(N(c5ccc(-c6cccc7ccccc67)cc5)c5cccc6ccccc56)cccc4c32)cc1. The maximum absolute atomic E-state index is 2.46. The molecule has 0 N–H and O–H groups in total. The van der Waals surface area contributed by atoms with Gasteiger partial charge in [0, 0.05) is 27.5 Å². The number of hydrogen-bond acceptors (Lipinski definition) is 2. The van der Waals surface area contributed by atoms with Crippen LogP contribution < -0.4 is 4.90 Å². The lowest BCUT2D eigenvalue weighted by Crippen LogP contribution is -2.10. The Morgan fingerprint density at radius 1 is 0.408 bits per heavy atom. The number of anilines is 3. The molecule has 2 nitrogen and oxygen atoms in total. The molecular formula is C46H30N2S. The first-order valence-corrected chi connectivity index (χ1v) is 17.5. The molecule has 0 spiro atoms. The van der Waals surface area contributed by atoms with E-state index in [0.29, 0.717) is 0 Å². The molecule has 0 fully saturated rings. The molecule has 49 heavy (non-hydrogen) atoms. The van der Waals surface area contributed by atoms with Crippen LogP contribution in [0.1, 0.15) is 0 Å². The fraction of sp³-hybridized carbons (Fsp3) is 0. The largest absolute Gasteiger partial charge is 0.308 e. The first-order valence-electron chi connectivity index (χ1n) is 16.7. The second-order valence-electron chi connectivity index (χ2n) is 12.5. The van der Waals surface area contributed by atoms with Gasteiger partial charge in [-0.15, -0.1) is 11.3 Å². The lowest BCUT2D eigenvalue weighted by molar-refractivity contribution is 1.19. The van der Waals surface area contributed by atoms with Crippen LogP contribution in [0.5, 0.6) is 0 Å². The Labute approximate surface area is 288 Å². The van der Waals surface area contributed by atoms with E-state index in [0.717, 1.165) is 11.4 Å². The van der Waals surface area contributed by atoms with Crippen molar-refractivity contribution in [1.29, 1.82) is 0 Å². The van der Waals surface area contributed by atoms with E-state index in [1.165, 1.54) is 75.3 Å². The highest BCUT2D eigenvalue weighted by atomic mass is 32.1. The summed E-state index contributed by atoms with van der Waals surface area (Å²) < 4.78 is 5.02. The molecule has 0 amide bonds. The number of thiophene rings is 1. The van der Waals surface area contributed by atoms with Crippen molar-refractivity contribution in [3.8, 4) is 16.8 Å². The monoisotopic (exact) mass is 642 g/mol. The highest BCUT2D eigenvalue weighted by Gasteiger charge is 2.23. The van der Waals surface area contributed by atoms with Crippen molar-refractivity contribution in [3.63, 3.8) is 0 Å². The number of benzene rings is 8. The molecule has 10 rings (SSSR count). The average molecular weight is 643 g/mol. The van der Waals surface area contributed by atoms with Crippen molar-refractivity contribution in [2.75, 3.05) is 4.90 Å². The van der Waals surface area contributed by atoms with Crippen LogP contribution in [-0.2, 0) is 0 Å². The predicted molar refractivity (Wildman–Crippen MR) is 211 cm³/mol. The van der Waals surface area contributed by atoms with Gasteiger partial charge in [0.15, 0.2) is 0 Å². The van der Waals surface area contributed by atoms with Crippen molar-refractivity contribution in [2.24, 2.45) is 0 Å². The summed E-state index contributed by atoms with van der Waals surface area (Å²) in [5.74, 6) is 0. The quantitative estimate of drug-likeness (QED) is 0.181. The summed E-state index contributed by atoms with van der Waals surface area (Å²) in [4.78, 5) is 2.46. The zero-order valence-corrected chi connectivity index (χ0v) is 27.4. The van der Waals surface area contributed by atoms with Crippen molar-refractivity contribution in [3.05, 3.63) is 182 Å². The normalized spacial score (nSPS) is 11.7. The van der Waals surface area contributed by atoms with E-state index in [1.807, 2.05) is 11.3 Å². The van der Waals surface area contributed by atoms with Gasteiger partial charge in [-0.25, -0.2) is 0 Å². The van der Waals surface area contributed by atoms with Crippen LogP contribution in [0.3, 0.4) is 0 Å². The van der Waals surface area contributed by atoms with E-state index >= 15 is 0 Å². The first kappa shape index (κ1) is 27.9. The van der Waals surface area contributed by atoms with E-state index in [4.69, 9.17) is 0 Å². The highest BCUT2D eigenvalue weighted by molar-refractivity contribution is 7.27. The fourth-order valence-corrected chi connectivity index (χ4v) is 8.90. The summed E-state index contributed by atoms with van der Waals surface area (Å²) in [7, 11) is 0. The van der Waals surface area contributed by atoms with Gasteiger partial charge in [0.1, 0.15) is 0 Å². The van der Waals surface area contributed by atoms with Crippen LogP contribution in [0.4, 0.5) is 17.1 Å². The molecule has 0 saturated heterocycles. The molecule has 8 aromatic carbocycles. The van der Waals surface area contributed by atoms with Crippen molar-refractivity contribution >= 4 is 81.1 Å². The fourth-order valence-electron chi connectivity index (χ4n) is 7.58. The molecule has 0 aliphatic rings. The molecule has 2 aromatic heterocycles. The summed E-state index contributed by atoms with van der Waals surface area (Å²) in [5, 5.41) is 7.51. The summed E-state index contributed by atoms with van der Waals surface area (Å²) >= 11 is 1.90. The van der Waals surface area contributed by atoms with Crippen LogP contribution in [0.2, 0.25) is 0 Å². The molecule has 0 saturated carbocycles. The van der Waals surface area contributed by atoms with Crippen molar-refractivity contribution in [1.82, 2.24) is 4.57 Å². The Morgan fingerprint density at radius 2 is 1.00 bits per heavy atom. The van der Waals surface area contributed by atoms with Gasteiger partial charge in [-0.2, -0.15) is 0 Å². The Hall–Kier alpha value is -6.16. The molecule has 0 aliphatic heterocycles. The van der Waals surface area contributed by atoms with Crippen LogP contribution in [0.15, 0.2) is 182 Å². The maximum Gasteiger partial charge on any atom is 0.0728 e. The number of rotatable bonds is 5. The van der Waals surface area contributed by atoms with E-state index < -0.39 is 0 Å². The summed E-state index contributed by atoms with van der Waals surface area (Å²) in [5.41, 5.74) is 9.60. The van der Waals surface area contributed by atoms with Crippen LogP contribution in [-0.4, -0.2) is 4.57 Å². The minimum atomic E-state index is 1.13. The molecule has 2 heterocycles. The Kier molecular flexibility index (Phi) is 6.39. The third-order valence-corrected chi connectivity index (χ3v) is 11.0. The smallest absolute Gasteiger partial charge is 0.0728 e. The highest BCUT2D eigenvalue weighted by Crippen LogP contribution is 2.49. The number of aromatic nitrogens is 1. The van der Waals surface area contributed by atoms with Crippen LogP contribution in [0.25, 0.3) is 69.6 Å². The van der Waals surface area contributed by atoms with Gasteiger partial charge < -0.3 is 9.47 Å². The van der Waals surface area contributed by atoms with E-state index in [1.54, 1.807) is 0 Å². The van der Waals surface area contributed by atoms with Gasteiger partial charge in [-0.3, -0.25) is 0 Å². The zero-order chi connectivity index (χ0) is 32.3. The average Bonchev–Trinajstić information content (AvgIpc) is 3.71. The minimum Gasteiger partial charge on any atom is -0.308 e. The Balaban J connectivity index is 1.23. The molecule has 3 heteroatoms. The Bertz CT molecular complexity index is 2810. The molecule has 10 aromatic rings. The van der Waals surface area contributed by atoms with Gasteiger partial charge >= 0.3 is 0 Å². The number of fused-ring (bicyclic) bond motifs is 7. The first-order chi connectivity index (χ1) is 24.3. The van der Waals surface area contributed by atoms with E-state index in [2.05, 4.69) is 191 Å².